The second kappa shape index (κ2) is 12.8. The van der Waals surface area contributed by atoms with Crippen molar-refractivity contribution in [1.82, 2.24) is 0 Å². The van der Waals surface area contributed by atoms with Gasteiger partial charge in [-0.1, -0.05) is 51.9 Å². The fourth-order valence-electron chi connectivity index (χ4n) is 1.97. The Bertz CT molecular complexity index is 181. The van der Waals surface area contributed by atoms with Crippen LogP contribution in [0, 0.1) is 0 Å². The molecule has 19 heavy (non-hydrogen) atoms. The number of ether oxygens (including phenoxy) is 1. The monoisotopic (exact) mass is 282 g/mol. The van der Waals surface area contributed by atoms with Crippen molar-refractivity contribution in [2.24, 2.45) is 0 Å². The van der Waals surface area contributed by atoms with E-state index in [1.807, 2.05) is 0 Å². The van der Waals surface area contributed by atoms with Gasteiger partial charge in [-0.3, -0.25) is 0 Å². The number of rotatable bonds is 13. The zero-order valence-corrected chi connectivity index (χ0v) is 12.2. The number of alkyl halides is 3. The van der Waals surface area contributed by atoms with E-state index in [0.717, 1.165) is 6.42 Å². The highest BCUT2D eigenvalue weighted by atomic mass is 19.4. The van der Waals surface area contributed by atoms with E-state index in [2.05, 4.69) is 6.92 Å². The zero-order valence-electron chi connectivity index (χ0n) is 12.2. The van der Waals surface area contributed by atoms with Gasteiger partial charge in [-0.15, -0.1) is 0 Å². The molecule has 0 unspecified atom stereocenters. The molecule has 0 spiro atoms. The summed E-state index contributed by atoms with van der Waals surface area (Å²) in [4.78, 5) is 0. The molecule has 0 saturated carbocycles. The second-order valence-electron chi connectivity index (χ2n) is 5.16. The Balaban J connectivity index is 2.99. The molecule has 0 heterocycles. The Morgan fingerprint density at radius 2 is 1.16 bits per heavy atom. The summed E-state index contributed by atoms with van der Waals surface area (Å²) in [5, 5.41) is 0. The van der Waals surface area contributed by atoms with Crippen LogP contribution in [0.3, 0.4) is 0 Å². The average molecular weight is 282 g/mol. The summed E-state index contributed by atoms with van der Waals surface area (Å²) in [7, 11) is 0. The van der Waals surface area contributed by atoms with Gasteiger partial charge in [0.1, 0.15) is 0 Å². The van der Waals surface area contributed by atoms with E-state index in [-0.39, 0.29) is 6.42 Å². The predicted octanol–water partition coefficient (Wildman–Crippen LogP) is 5.88. The van der Waals surface area contributed by atoms with Crippen LogP contribution in [0.1, 0.15) is 77.6 Å². The topological polar surface area (TPSA) is 9.23 Å². The van der Waals surface area contributed by atoms with Gasteiger partial charge in [0.2, 0.25) is 0 Å². The third kappa shape index (κ3) is 17.8. The lowest BCUT2D eigenvalue weighted by Crippen LogP contribution is -2.07. The maximum Gasteiger partial charge on any atom is 0.389 e. The highest BCUT2D eigenvalue weighted by Crippen LogP contribution is 2.22. The van der Waals surface area contributed by atoms with Crippen LogP contribution in [-0.4, -0.2) is 19.4 Å². The summed E-state index contributed by atoms with van der Waals surface area (Å²) in [5.41, 5.74) is 0. The molecular weight excluding hydrogens is 253 g/mol. The van der Waals surface area contributed by atoms with Crippen LogP contribution in [0.2, 0.25) is 0 Å². The van der Waals surface area contributed by atoms with E-state index in [1.165, 1.54) is 44.9 Å². The third-order valence-corrected chi connectivity index (χ3v) is 3.14. The van der Waals surface area contributed by atoms with E-state index in [4.69, 9.17) is 4.74 Å². The van der Waals surface area contributed by atoms with Gasteiger partial charge >= 0.3 is 6.18 Å². The molecule has 0 amide bonds. The van der Waals surface area contributed by atoms with Crippen molar-refractivity contribution in [3.8, 4) is 0 Å². The first-order chi connectivity index (χ1) is 9.06. The highest BCUT2D eigenvalue weighted by molar-refractivity contribution is 4.50. The van der Waals surface area contributed by atoms with Crippen molar-refractivity contribution < 1.29 is 17.9 Å². The van der Waals surface area contributed by atoms with E-state index in [0.29, 0.717) is 19.6 Å². The molecule has 0 aliphatic rings. The summed E-state index contributed by atoms with van der Waals surface area (Å²) in [6, 6.07) is 0. The summed E-state index contributed by atoms with van der Waals surface area (Å²) >= 11 is 0. The van der Waals surface area contributed by atoms with Gasteiger partial charge in [-0.25, -0.2) is 0 Å². The Labute approximate surface area is 115 Å². The Kier molecular flexibility index (Phi) is 12.6. The predicted molar refractivity (Wildman–Crippen MR) is 73.3 cm³/mol. The van der Waals surface area contributed by atoms with Crippen LogP contribution in [0.5, 0.6) is 0 Å². The second-order valence-corrected chi connectivity index (χ2v) is 5.16. The number of hydrogen-bond acceptors (Lipinski definition) is 1. The normalized spacial score (nSPS) is 12.0. The maximum atomic E-state index is 11.8. The first-order valence-electron chi connectivity index (χ1n) is 7.70. The van der Waals surface area contributed by atoms with Gasteiger partial charge < -0.3 is 4.74 Å². The molecule has 0 saturated heterocycles. The van der Waals surface area contributed by atoms with E-state index >= 15 is 0 Å². The van der Waals surface area contributed by atoms with Gasteiger partial charge in [-0.2, -0.15) is 13.2 Å². The van der Waals surface area contributed by atoms with E-state index < -0.39 is 12.6 Å². The van der Waals surface area contributed by atoms with Crippen LogP contribution < -0.4 is 0 Å². The van der Waals surface area contributed by atoms with Gasteiger partial charge in [-0.05, 0) is 19.3 Å². The van der Waals surface area contributed by atoms with E-state index in [9.17, 15) is 13.2 Å². The van der Waals surface area contributed by atoms with Gasteiger partial charge in [0.15, 0.2) is 0 Å². The van der Waals surface area contributed by atoms with Gasteiger partial charge in [0.25, 0.3) is 0 Å². The zero-order chi connectivity index (χ0) is 14.4. The maximum absolute atomic E-state index is 11.8. The molecule has 0 atom stereocenters. The molecule has 0 aromatic rings. The standard InChI is InChI=1S/C15H29F3O/c1-2-3-4-5-6-7-8-10-13-19-14-11-9-12-15(16,17)18/h2-14H2,1H3. The van der Waals surface area contributed by atoms with Crippen LogP contribution in [0.4, 0.5) is 13.2 Å². The van der Waals surface area contributed by atoms with Crippen molar-refractivity contribution in [3.63, 3.8) is 0 Å². The molecule has 0 radical (unpaired) electrons. The highest BCUT2D eigenvalue weighted by Gasteiger charge is 2.25. The number of unbranched alkanes of at least 4 members (excludes halogenated alkanes) is 8. The molecule has 0 N–H and O–H groups in total. The van der Waals surface area contributed by atoms with Crippen molar-refractivity contribution in [2.75, 3.05) is 13.2 Å². The molecule has 0 bridgehead atoms. The first kappa shape index (κ1) is 18.8. The minimum Gasteiger partial charge on any atom is -0.381 e. The Morgan fingerprint density at radius 1 is 0.684 bits per heavy atom. The molecule has 0 fully saturated rings. The molecule has 116 valence electrons. The molecule has 1 nitrogen and oxygen atoms in total. The molecular formula is C15H29F3O. The molecule has 0 aromatic carbocycles. The lowest BCUT2D eigenvalue weighted by molar-refractivity contribution is -0.136. The van der Waals surface area contributed by atoms with Gasteiger partial charge in [0, 0.05) is 19.6 Å². The Morgan fingerprint density at radius 3 is 1.68 bits per heavy atom. The van der Waals surface area contributed by atoms with Crippen molar-refractivity contribution in [1.29, 1.82) is 0 Å². The number of halogens is 3. The molecule has 4 heteroatoms. The molecule has 0 aliphatic heterocycles. The fraction of sp³-hybridized carbons (Fsp3) is 1.00. The summed E-state index contributed by atoms with van der Waals surface area (Å²) in [6.45, 7) is 3.37. The summed E-state index contributed by atoms with van der Waals surface area (Å²) < 4.78 is 40.8. The van der Waals surface area contributed by atoms with Crippen LogP contribution >= 0.6 is 0 Å². The first-order valence-corrected chi connectivity index (χ1v) is 7.70. The van der Waals surface area contributed by atoms with Crippen molar-refractivity contribution in [2.45, 2.75) is 83.7 Å². The molecule has 0 aromatic heterocycles. The van der Waals surface area contributed by atoms with Crippen molar-refractivity contribution in [3.05, 3.63) is 0 Å². The van der Waals surface area contributed by atoms with Crippen LogP contribution in [0.25, 0.3) is 0 Å². The average Bonchev–Trinajstić information content (AvgIpc) is 2.34. The smallest absolute Gasteiger partial charge is 0.381 e. The van der Waals surface area contributed by atoms with Crippen LogP contribution in [-0.2, 0) is 4.74 Å². The summed E-state index contributed by atoms with van der Waals surface area (Å²) in [6.07, 6.45) is 6.03. The Hall–Kier alpha value is -0.250. The van der Waals surface area contributed by atoms with E-state index in [1.54, 1.807) is 0 Å². The van der Waals surface area contributed by atoms with Crippen molar-refractivity contribution >= 4 is 0 Å². The third-order valence-electron chi connectivity index (χ3n) is 3.14. The number of hydrogen-bond donors (Lipinski definition) is 0. The summed E-state index contributed by atoms with van der Waals surface area (Å²) in [5.74, 6) is 0. The minimum absolute atomic E-state index is 0.181. The molecule has 0 aliphatic carbocycles. The van der Waals surface area contributed by atoms with Gasteiger partial charge in [0.05, 0.1) is 0 Å². The van der Waals surface area contributed by atoms with Crippen LogP contribution in [0.15, 0.2) is 0 Å². The fourth-order valence-corrected chi connectivity index (χ4v) is 1.97. The molecule has 0 rings (SSSR count). The minimum atomic E-state index is -4.02. The lowest BCUT2D eigenvalue weighted by atomic mass is 10.1. The SMILES string of the molecule is CCCCCCCCCCOCCCCC(F)(F)F. The largest absolute Gasteiger partial charge is 0.389 e. The quantitative estimate of drug-likeness (QED) is 0.383. The lowest BCUT2D eigenvalue weighted by Gasteiger charge is -2.06.